The fraction of sp³-hybridized carbons (Fsp3) is 0.238. The van der Waals surface area contributed by atoms with Gasteiger partial charge in [0, 0.05) is 41.5 Å². The van der Waals surface area contributed by atoms with E-state index in [0.29, 0.717) is 5.56 Å². The van der Waals surface area contributed by atoms with Crippen LogP contribution in [-0.2, 0) is 0 Å². The lowest BCUT2D eigenvalue weighted by atomic mass is 10.0. The normalized spacial score (nSPS) is 16.0. The van der Waals surface area contributed by atoms with E-state index in [1.54, 1.807) is 35.4 Å². The average molecular weight is 416 g/mol. The second-order valence-corrected chi connectivity index (χ2v) is 7.52. The van der Waals surface area contributed by atoms with Crippen molar-refractivity contribution in [1.82, 2.24) is 30.3 Å². The molecule has 4 heterocycles. The summed E-state index contributed by atoms with van der Waals surface area (Å²) in [5.41, 5.74) is 3.20. The first-order valence-electron chi connectivity index (χ1n) is 10.0. The predicted octanol–water partition coefficient (Wildman–Crippen LogP) is 1.94. The molecule has 1 saturated heterocycles. The lowest BCUT2D eigenvalue weighted by Crippen LogP contribution is -2.36. The molecule has 2 N–H and O–H groups in total. The minimum atomic E-state index is -0.306. The Kier molecular flexibility index (Phi) is 4.66. The van der Waals surface area contributed by atoms with E-state index in [1.807, 2.05) is 24.1 Å². The van der Waals surface area contributed by atoms with Crippen LogP contribution in [0.5, 0.6) is 0 Å². The molecule has 0 aliphatic carbocycles. The maximum Gasteiger partial charge on any atom is 0.269 e. The van der Waals surface area contributed by atoms with Crippen molar-refractivity contribution >= 4 is 22.8 Å². The molecule has 5 rings (SSSR count). The van der Waals surface area contributed by atoms with E-state index in [2.05, 4.69) is 36.9 Å². The Balaban J connectivity index is 1.45. The molecule has 1 aromatic carbocycles. The van der Waals surface area contributed by atoms with Crippen molar-refractivity contribution in [3.63, 3.8) is 0 Å². The maximum atomic E-state index is 12.5. The highest BCUT2D eigenvalue weighted by Crippen LogP contribution is 2.33. The number of aryl methyl sites for hydroxylation is 1. The fourth-order valence-corrected chi connectivity index (χ4v) is 4.07. The van der Waals surface area contributed by atoms with E-state index in [4.69, 9.17) is 0 Å². The van der Waals surface area contributed by atoms with Crippen LogP contribution in [0.25, 0.3) is 10.9 Å². The number of hydrogen-bond donors (Lipinski definition) is 2. The minimum Gasteiger partial charge on any atom is -0.322 e. The summed E-state index contributed by atoms with van der Waals surface area (Å²) in [7, 11) is 0. The van der Waals surface area contributed by atoms with Gasteiger partial charge in [-0.25, -0.2) is 0 Å². The van der Waals surface area contributed by atoms with Crippen molar-refractivity contribution < 1.29 is 4.79 Å². The van der Waals surface area contributed by atoms with Crippen molar-refractivity contribution in [2.24, 2.45) is 0 Å². The number of aromatic amines is 1. The molecule has 0 spiro atoms. The first kappa shape index (κ1) is 18.9. The van der Waals surface area contributed by atoms with Crippen LogP contribution >= 0.6 is 0 Å². The van der Waals surface area contributed by atoms with Crippen molar-refractivity contribution in [2.75, 3.05) is 16.9 Å². The molecule has 3 aromatic heterocycles. The molecule has 1 unspecified atom stereocenters. The number of carbonyl (C=O) groups is 1. The molecule has 0 radical (unpaired) electrons. The molecular formula is C21H20N8O2. The first-order chi connectivity index (χ1) is 15.1. The van der Waals surface area contributed by atoms with Gasteiger partial charge in [0.15, 0.2) is 0 Å². The average Bonchev–Trinajstić information content (AvgIpc) is 3.43. The van der Waals surface area contributed by atoms with Gasteiger partial charge in [0.1, 0.15) is 0 Å². The molecule has 1 atom stereocenters. The van der Waals surface area contributed by atoms with E-state index < -0.39 is 0 Å². The van der Waals surface area contributed by atoms with Crippen LogP contribution in [0.2, 0.25) is 0 Å². The van der Waals surface area contributed by atoms with Gasteiger partial charge in [-0.2, -0.15) is 0 Å². The summed E-state index contributed by atoms with van der Waals surface area (Å²) in [6.45, 7) is 2.68. The Morgan fingerprint density at radius 2 is 2.03 bits per heavy atom. The summed E-state index contributed by atoms with van der Waals surface area (Å²) in [6, 6.07) is 10.9. The monoisotopic (exact) mass is 416 g/mol. The molecule has 156 valence electrons. The first-order valence-corrected chi connectivity index (χ1v) is 10.0. The van der Waals surface area contributed by atoms with Crippen molar-refractivity contribution in [3.05, 3.63) is 75.8 Å². The summed E-state index contributed by atoms with van der Waals surface area (Å²) in [5.74, 6) is -0.0468. The molecule has 1 amide bonds. The van der Waals surface area contributed by atoms with Crippen molar-refractivity contribution in [2.45, 2.75) is 25.8 Å². The van der Waals surface area contributed by atoms with Crippen molar-refractivity contribution in [1.29, 1.82) is 0 Å². The summed E-state index contributed by atoms with van der Waals surface area (Å²) >= 11 is 0. The van der Waals surface area contributed by atoms with E-state index in [1.165, 1.54) is 0 Å². The van der Waals surface area contributed by atoms with Crippen molar-refractivity contribution in [3.8, 4) is 0 Å². The number of nitrogens with one attached hydrogen (secondary N) is 2. The van der Waals surface area contributed by atoms with Crippen LogP contribution in [0, 0.1) is 6.92 Å². The van der Waals surface area contributed by atoms with Crippen LogP contribution in [0.1, 0.15) is 40.4 Å². The number of nitrogens with zero attached hydrogens (tertiary/aromatic N) is 6. The Hall–Kier alpha value is -4.08. The number of tetrazole rings is 1. The molecule has 10 heteroatoms. The van der Waals surface area contributed by atoms with Gasteiger partial charge >= 0.3 is 0 Å². The number of carbonyl (C=O) groups excluding carboxylic acids is 1. The lowest BCUT2D eigenvalue weighted by molar-refractivity contribution is 0.102. The van der Waals surface area contributed by atoms with Gasteiger partial charge in [-0.1, -0.05) is 11.2 Å². The largest absolute Gasteiger partial charge is 0.322 e. The third-order valence-electron chi connectivity index (χ3n) is 5.55. The molecule has 0 saturated carbocycles. The summed E-state index contributed by atoms with van der Waals surface area (Å²) in [4.78, 5) is 32.7. The Bertz CT molecular complexity index is 1310. The molecule has 0 bridgehead atoms. The number of fused-ring (bicyclic) bond motifs is 1. The lowest BCUT2D eigenvalue weighted by Gasteiger charge is -2.27. The molecular weight excluding hydrogens is 396 g/mol. The zero-order valence-corrected chi connectivity index (χ0v) is 16.8. The highest BCUT2D eigenvalue weighted by atomic mass is 16.2. The third-order valence-corrected chi connectivity index (χ3v) is 5.55. The number of hydrogen-bond acceptors (Lipinski definition) is 7. The topological polar surface area (TPSA) is 122 Å². The van der Waals surface area contributed by atoms with E-state index in [0.717, 1.165) is 41.4 Å². The van der Waals surface area contributed by atoms with Crippen LogP contribution in [0.4, 0.5) is 5.95 Å². The molecule has 1 fully saturated rings. The van der Waals surface area contributed by atoms with Gasteiger partial charge in [-0.3, -0.25) is 24.9 Å². The number of pyridine rings is 2. The van der Waals surface area contributed by atoms with E-state index in [-0.39, 0.29) is 23.5 Å². The van der Waals surface area contributed by atoms with Gasteiger partial charge in [-0.05, 0) is 65.6 Å². The Morgan fingerprint density at radius 3 is 2.87 bits per heavy atom. The van der Waals surface area contributed by atoms with E-state index >= 15 is 0 Å². The zero-order valence-electron chi connectivity index (χ0n) is 16.8. The smallest absolute Gasteiger partial charge is 0.269 e. The Labute approximate surface area is 176 Å². The van der Waals surface area contributed by atoms with Gasteiger partial charge in [0.05, 0.1) is 6.04 Å². The molecule has 10 nitrogen and oxygen atoms in total. The maximum absolute atomic E-state index is 12.5. The van der Waals surface area contributed by atoms with E-state index in [9.17, 15) is 9.59 Å². The van der Waals surface area contributed by atoms with Gasteiger partial charge in [0.25, 0.3) is 11.9 Å². The highest BCUT2D eigenvalue weighted by Gasteiger charge is 2.30. The summed E-state index contributed by atoms with van der Waals surface area (Å²) in [6.07, 6.45) is 5.00. The van der Waals surface area contributed by atoms with Gasteiger partial charge in [0.2, 0.25) is 5.56 Å². The number of anilines is 1. The SMILES string of the molecule is Cc1cc(=O)[nH]c2ccc(C3CCCN3n3nnnc3NC(=O)c3ccncc3)cc12. The predicted molar refractivity (Wildman–Crippen MR) is 114 cm³/mol. The third kappa shape index (κ3) is 3.52. The summed E-state index contributed by atoms with van der Waals surface area (Å²) in [5, 5.41) is 17.7. The van der Waals surface area contributed by atoms with Crippen LogP contribution in [0.3, 0.4) is 0 Å². The highest BCUT2D eigenvalue weighted by molar-refractivity contribution is 6.03. The van der Waals surface area contributed by atoms with Gasteiger partial charge < -0.3 is 4.98 Å². The van der Waals surface area contributed by atoms with Crippen LogP contribution < -0.4 is 15.9 Å². The van der Waals surface area contributed by atoms with Gasteiger partial charge in [-0.15, -0.1) is 4.79 Å². The second kappa shape index (κ2) is 7.63. The number of H-pyrrole nitrogens is 1. The molecule has 4 aromatic rings. The fourth-order valence-electron chi connectivity index (χ4n) is 4.07. The van der Waals surface area contributed by atoms with Crippen LogP contribution in [0.15, 0.2) is 53.6 Å². The number of rotatable bonds is 4. The molecule has 31 heavy (non-hydrogen) atoms. The molecule has 1 aliphatic heterocycles. The molecule has 1 aliphatic rings. The second-order valence-electron chi connectivity index (χ2n) is 7.52. The number of benzene rings is 1. The van der Waals surface area contributed by atoms with Crippen LogP contribution in [-0.4, -0.2) is 42.7 Å². The number of aromatic nitrogens is 6. The minimum absolute atomic E-state index is 0.0378. The quantitative estimate of drug-likeness (QED) is 0.521. The standard InChI is InChI=1S/C21H20N8O2/c1-13-11-19(30)23-17-5-4-15(12-16(13)17)18-3-2-10-28(18)29-21(25-26-27-29)24-20(31)14-6-8-22-9-7-14/h4-9,11-12,18H,2-3,10H2,1H3,(H,23,30)(H,24,25,27,31). The Morgan fingerprint density at radius 1 is 1.19 bits per heavy atom. The summed E-state index contributed by atoms with van der Waals surface area (Å²) < 4.78 is 0. The zero-order chi connectivity index (χ0) is 21.4. The number of amides is 1.